The van der Waals surface area contributed by atoms with Crippen molar-refractivity contribution in [2.24, 2.45) is 17.8 Å². The summed E-state index contributed by atoms with van der Waals surface area (Å²) < 4.78 is 10.6. The van der Waals surface area contributed by atoms with Crippen LogP contribution >= 0.6 is 11.3 Å². The van der Waals surface area contributed by atoms with Crippen LogP contribution in [-0.4, -0.2) is 96.4 Å². The van der Waals surface area contributed by atoms with Gasteiger partial charge in [0.15, 0.2) is 6.10 Å². The summed E-state index contributed by atoms with van der Waals surface area (Å²) in [6.45, 7) is 10.00. The minimum absolute atomic E-state index is 0.0113. The highest BCUT2D eigenvalue weighted by Crippen LogP contribution is 2.31. The van der Waals surface area contributed by atoms with Crippen LogP contribution in [-0.2, 0) is 28.7 Å². The van der Waals surface area contributed by atoms with Crippen molar-refractivity contribution >= 4 is 41.0 Å². The van der Waals surface area contributed by atoms with Crippen LogP contribution in [0.15, 0.2) is 5.38 Å². The smallest absolute Gasteiger partial charge is 0.308 e. The van der Waals surface area contributed by atoms with Gasteiger partial charge in [-0.1, -0.05) is 34.1 Å². The average Bonchev–Trinajstić information content (AvgIpc) is 3.51. The molecule has 2 fully saturated rings. The van der Waals surface area contributed by atoms with Crippen LogP contribution in [0, 0.1) is 17.8 Å². The first-order valence-corrected chi connectivity index (χ1v) is 17.4. The third-order valence-electron chi connectivity index (χ3n) is 9.31. The third-order valence-corrected chi connectivity index (χ3v) is 10.2. The molecule has 2 heterocycles. The topological polar surface area (TPSA) is 147 Å². The van der Waals surface area contributed by atoms with E-state index in [1.165, 1.54) is 25.4 Å². The van der Waals surface area contributed by atoms with Gasteiger partial charge in [0.1, 0.15) is 16.7 Å². The predicted molar refractivity (Wildman–Crippen MR) is 175 cm³/mol. The molecule has 1 aromatic heterocycles. The van der Waals surface area contributed by atoms with E-state index in [-0.39, 0.29) is 71.7 Å². The SMILES string of the molecule is COC(=O)[C@H]1CC[C@H](NC(=O)c2csc([C@@H](C[C@H](C(C)C)N(C)C(=O)[C@@H](NC(=O)[C@H]3CCCCN3C)C(C)C)OC(C)=O)n2)CC1. The lowest BCUT2D eigenvalue weighted by Gasteiger charge is -2.37. The molecule has 0 unspecified atom stereocenters. The molecule has 1 aliphatic heterocycles. The molecule has 1 aliphatic carbocycles. The average molecular weight is 664 g/mol. The molecule has 46 heavy (non-hydrogen) atoms. The molecule has 0 spiro atoms. The molecule has 3 rings (SSSR count). The molecule has 4 atom stereocenters. The Morgan fingerprint density at radius 2 is 1.72 bits per heavy atom. The first kappa shape index (κ1) is 37.4. The molecular formula is C33H53N5O7S. The molecule has 12 nitrogen and oxygen atoms in total. The van der Waals surface area contributed by atoms with Crippen molar-refractivity contribution in [3.05, 3.63) is 16.1 Å². The normalized spacial score (nSPS) is 22.4. The fourth-order valence-electron chi connectivity index (χ4n) is 6.49. The summed E-state index contributed by atoms with van der Waals surface area (Å²) >= 11 is 1.23. The van der Waals surface area contributed by atoms with E-state index in [0.29, 0.717) is 30.7 Å². The van der Waals surface area contributed by atoms with E-state index >= 15 is 0 Å². The second-order valence-electron chi connectivity index (χ2n) is 13.4. The Morgan fingerprint density at radius 3 is 2.28 bits per heavy atom. The lowest BCUT2D eigenvalue weighted by molar-refractivity contribution is -0.149. The first-order chi connectivity index (χ1) is 21.7. The van der Waals surface area contributed by atoms with E-state index < -0.39 is 18.1 Å². The summed E-state index contributed by atoms with van der Waals surface area (Å²) in [5.74, 6) is -1.66. The quantitative estimate of drug-likeness (QED) is 0.302. The van der Waals surface area contributed by atoms with Crippen LogP contribution < -0.4 is 10.6 Å². The van der Waals surface area contributed by atoms with Crippen molar-refractivity contribution in [3.63, 3.8) is 0 Å². The molecular weight excluding hydrogens is 610 g/mol. The number of esters is 2. The largest absolute Gasteiger partial charge is 0.469 e. The van der Waals surface area contributed by atoms with Crippen molar-refractivity contribution in [3.8, 4) is 0 Å². The Kier molecular flexibility index (Phi) is 14.0. The minimum atomic E-state index is -0.773. The van der Waals surface area contributed by atoms with Gasteiger partial charge in [0.2, 0.25) is 11.8 Å². The Bertz CT molecular complexity index is 1210. The number of carbonyl (C=O) groups is 5. The van der Waals surface area contributed by atoms with Crippen LogP contribution in [0.3, 0.4) is 0 Å². The molecule has 0 radical (unpaired) electrons. The van der Waals surface area contributed by atoms with Crippen molar-refractivity contribution in [1.29, 1.82) is 0 Å². The van der Waals surface area contributed by atoms with Gasteiger partial charge in [-0.15, -0.1) is 11.3 Å². The van der Waals surface area contributed by atoms with Gasteiger partial charge < -0.3 is 25.0 Å². The zero-order valence-electron chi connectivity index (χ0n) is 28.7. The van der Waals surface area contributed by atoms with Crippen molar-refractivity contribution in [2.75, 3.05) is 27.7 Å². The Hall–Kier alpha value is -3.06. The summed E-state index contributed by atoms with van der Waals surface area (Å²) in [6, 6.07) is -1.38. The highest BCUT2D eigenvalue weighted by atomic mass is 32.1. The fraction of sp³-hybridized carbons (Fsp3) is 0.758. The number of aromatic nitrogens is 1. The number of ether oxygens (including phenoxy) is 2. The lowest BCUT2D eigenvalue weighted by Crippen LogP contribution is -2.57. The molecule has 258 valence electrons. The second kappa shape index (κ2) is 17.2. The Labute approximate surface area is 277 Å². The van der Waals surface area contributed by atoms with E-state index in [2.05, 4.69) is 15.6 Å². The van der Waals surface area contributed by atoms with Gasteiger partial charge in [0.05, 0.1) is 19.1 Å². The van der Waals surface area contributed by atoms with E-state index in [1.807, 2.05) is 39.6 Å². The molecule has 2 N–H and O–H groups in total. The van der Waals surface area contributed by atoms with Gasteiger partial charge >= 0.3 is 11.9 Å². The van der Waals surface area contributed by atoms with Crippen LogP contribution in [0.25, 0.3) is 0 Å². The molecule has 13 heteroatoms. The number of rotatable bonds is 13. The molecule has 1 saturated carbocycles. The number of piperidine rings is 1. The number of nitrogens with one attached hydrogen (secondary N) is 2. The molecule has 3 amide bonds. The van der Waals surface area contributed by atoms with E-state index in [0.717, 1.165) is 25.8 Å². The van der Waals surface area contributed by atoms with E-state index in [9.17, 15) is 24.0 Å². The number of likely N-dealkylation sites (tertiary alicyclic amines) is 1. The number of hydrogen-bond donors (Lipinski definition) is 2. The summed E-state index contributed by atoms with van der Waals surface area (Å²) in [5, 5.41) is 8.16. The summed E-state index contributed by atoms with van der Waals surface area (Å²) in [5.41, 5.74) is 0.230. The minimum Gasteiger partial charge on any atom is -0.469 e. The summed E-state index contributed by atoms with van der Waals surface area (Å²) in [6.07, 6.45) is 4.94. The van der Waals surface area contributed by atoms with E-state index in [1.54, 1.807) is 17.3 Å². The number of nitrogens with zero attached hydrogens (tertiary/aromatic N) is 3. The van der Waals surface area contributed by atoms with Gasteiger partial charge in [0, 0.05) is 37.9 Å². The number of hydrogen-bond acceptors (Lipinski definition) is 10. The summed E-state index contributed by atoms with van der Waals surface area (Å²) in [7, 11) is 5.05. The maximum Gasteiger partial charge on any atom is 0.308 e. The predicted octanol–water partition coefficient (Wildman–Crippen LogP) is 3.71. The van der Waals surface area contributed by atoms with Gasteiger partial charge in [-0.3, -0.25) is 28.9 Å². The first-order valence-electron chi connectivity index (χ1n) is 16.5. The van der Waals surface area contributed by atoms with Crippen LogP contribution in [0.4, 0.5) is 0 Å². The standard InChI is InChI=1S/C33H53N5O7S/c1-19(2)26(38(7)32(42)28(20(3)4)36-30(41)25-11-9-10-16-37(25)6)17-27(45-21(5)39)31-35-24(18-46-31)29(40)34-23-14-12-22(13-15-23)33(43)44-8/h18-20,22-23,25-28H,9-17H2,1-8H3,(H,34,40)(H,36,41)/t22-,23-,25-,26-,27-,28+/m1/s1. The maximum atomic E-state index is 13.9. The molecule has 1 saturated heterocycles. The summed E-state index contributed by atoms with van der Waals surface area (Å²) in [4.78, 5) is 72.5. The van der Waals surface area contributed by atoms with Crippen LogP contribution in [0.1, 0.15) is 108 Å². The Balaban J connectivity index is 1.71. The van der Waals surface area contributed by atoms with E-state index in [4.69, 9.17) is 9.47 Å². The van der Waals surface area contributed by atoms with Gasteiger partial charge in [0.25, 0.3) is 5.91 Å². The van der Waals surface area contributed by atoms with Crippen LogP contribution in [0.5, 0.6) is 0 Å². The van der Waals surface area contributed by atoms with Crippen molar-refractivity contribution in [2.45, 2.75) is 116 Å². The lowest BCUT2D eigenvalue weighted by atomic mass is 9.86. The van der Waals surface area contributed by atoms with Crippen molar-refractivity contribution < 1.29 is 33.4 Å². The number of thiazole rings is 1. The molecule has 0 bridgehead atoms. The maximum absolute atomic E-state index is 13.9. The van der Waals surface area contributed by atoms with Crippen LogP contribution in [0.2, 0.25) is 0 Å². The fourth-order valence-corrected chi connectivity index (χ4v) is 7.33. The highest BCUT2D eigenvalue weighted by Gasteiger charge is 2.37. The monoisotopic (exact) mass is 663 g/mol. The number of carbonyl (C=O) groups excluding carboxylic acids is 5. The number of amides is 3. The zero-order chi connectivity index (χ0) is 34.1. The van der Waals surface area contributed by atoms with Gasteiger partial charge in [-0.05, 0) is 64.0 Å². The van der Waals surface area contributed by atoms with Gasteiger partial charge in [-0.25, -0.2) is 4.98 Å². The molecule has 2 aliphatic rings. The number of likely N-dealkylation sites (N-methyl/N-ethyl adjacent to an activating group) is 2. The second-order valence-corrected chi connectivity index (χ2v) is 14.3. The number of methoxy groups -OCH3 is 1. The van der Waals surface area contributed by atoms with Gasteiger partial charge in [-0.2, -0.15) is 0 Å². The zero-order valence-corrected chi connectivity index (χ0v) is 29.5. The third kappa shape index (κ3) is 9.97. The van der Waals surface area contributed by atoms with Crippen molar-refractivity contribution in [1.82, 2.24) is 25.4 Å². The highest BCUT2D eigenvalue weighted by molar-refractivity contribution is 7.09. The molecule has 1 aromatic rings. The molecule has 0 aromatic carbocycles. The Morgan fingerprint density at radius 1 is 1.04 bits per heavy atom.